The van der Waals surface area contributed by atoms with E-state index in [1.54, 1.807) is 0 Å². The van der Waals surface area contributed by atoms with Gasteiger partial charge in [-0.1, -0.05) is 12.8 Å². The maximum atomic E-state index is 12.5. The minimum absolute atomic E-state index is 0.346. The van der Waals surface area contributed by atoms with E-state index in [2.05, 4.69) is 9.80 Å². The van der Waals surface area contributed by atoms with E-state index in [9.17, 15) is 13.2 Å². The number of hydrogen-bond acceptors (Lipinski definition) is 4. The van der Waals surface area contributed by atoms with Gasteiger partial charge in [-0.05, 0) is 57.0 Å². The van der Waals surface area contributed by atoms with Crippen LogP contribution in [0, 0.1) is 11.8 Å². The number of amides is 1. The fraction of sp³-hybridized carbons (Fsp3) is 0.944. The summed E-state index contributed by atoms with van der Waals surface area (Å²) in [6.45, 7) is 4.68. The van der Waals surface area contributed by atoms with Crippen molar-refractivity contribution in [2.45, 2.75) is 51.4 Å². The highest BCUT2D eigenvalue weighted by Gasteiger charge is 2.28. The van der Waals surface area contributed by atoms with Crippen LogP contribution in [-0.2, 0) is 14.6 Å². The third-order valence-corrected chi connectivity index (χ3v) is 7.90. The van der Waals surface area contributed by atoms with E-state index in [0.717, 1.165) is 58.4 Å². The molecule has 24 heavy (non-hydrogen) atoms. The molecule has 3 rings (SSSR count). The number of carbonyl (C=O) groups excluding carboxylic acids is 1. The molecule has 0 aromatic carbocycles. The zero-order valence-corrected chi connectivity index (χ0v) is 15.6. The van der Waals surface area contributed by atoms with Crippen LogP contribution in [0.3, 0.4) is 0 Å². The van der Waals surface area contributed by atoms with Crippen LogP contribution in [0.15, 0.2) is 0 Å². The molecule has 1 unspecified atom stereocenters. The number of hydrogen-bond donors (Lipinski definition) is 0. The van der Waals surface area contributed by atoms with Gasteiger partial charge in [-0.25, -0.2) is 8.42 Å². The van der Waals surface area contributed by atoms with E-state index in [1.165, 1.54) is 25.7 Å². The predicted molar refractivity (Wildman–Crippen MR) is 95.6 cm³/mol. The maximum Gasteiger partial charge on any atom is 0.222 e. The van der Waals surface area contributed by atoms with Gasteiger partial charge in [-0.3, -0.25) is 4.79 Å². The standard InChI is InChI=1S/C18H32N2O3S/c21-18(14-16-4-1-2-5-16)20-9-3-8-19(11-12-20)10-6-17-7-13-24(22,23)15-17/h16-17H,1-15H2. The van der Waals surface area contributed by atoms with Crippen molar-refractivity contribution in [3.8, 4) is 0 Å². The highest BCUT2D eigenvalue weighted by Crippen LogP contribution is 2.28. The Bertz CT molecular complexity index is 528. The lowest BCUT2D eigenvalue weighted by Gasteiger charge is -2.23. The molecular weight excluding hydrogens is 324 g/mol. The third-order valence-electron chi connectivity index (χ3n) is 6.06. The van der Waals surface area contributed by atoms with Gasteiger partial charge < -0.3 is 9.80 Å². The molecule has 3 aliphatic rings. The van der Waals surface area contributed by atoms with E-state index in [1.807, 2.05) is 0 Å². The van der Waals surface area contributed by atoms with Crippen LogP contribution in [0.2, 0.25) is 0 Å². The second-order valence-electron chi connectivity index (χ2n) is 7.99. The summed E-state index contributed by atoms with van der Waals surface area (Å²) in [5, 5.41) is 0. The Balaban J connectivity index is 1.39. The lowest BCUT2D eigenvalue weighted by atomic mass is 10.0. The summed E-state index contributed by atoms with van der Waals surface area (Å²) in [6.07, 6.45) is 8.66. The van der Waals surface area contributed by atoms with Gasteiger partial charge in [0.15, 0.2) is 9.84 Å². The number of nitrogens with zero attached hydrogens (tertiary/aromatic N) is 2. The minimum atomic E-state index is -2.76. The van der Waals surface area contributed by atoms with Crippen LogP contribution < -0.4 is 0 Å². The van der Waals surface area contributed by atoms with E-state index in [4.69, 9.17) is 0 Å². The molecule has 0 radical (unpaired) electrons. The van der Waals surface area contributed by atoms with Gasteiger partial charge >= 0.3 is 0 Å². The van der Waals surface area contributed by atoms with Gasteiger partial charge in [0.1, 0.15) is 0 Å². The minimum Gasteiger partial charge on any atom is -0.341 e. The van der Waals surface area contributed by atoms with Crippen molar-refractivity contribution in [1.82, 2.24) is 9.80 Å². The average Bonchev–Trinajstić information content (AvgIpc) is 3.08. The van der Waals surface area contributed by atoms with Crippen LogP contribution in [0.25, 0.3) is 0 Å². The molecule has 0 spiro atoms. The molecular formula is C18H32N2O3S. The first-order chi connectivity index (χ1) is 11.5. The lowest BCUT2D eigenvalue weighted by Crippen LogP contribution is -2.36. The monoisotopic (exact) mass is 356 g/mol. The zero-order chi connectivity index (χ0) is 17.0. The van der Waals surface area contributed by atoms with Crippen LogP contribution >= 0.6 is 0 Å². The molecule has 3 fully saturated rings. The molecule has 138 valence electrons. The van der Waals surface area contributed by atoms with Crippen molar-refractivity contribution in [2.75, 3.05) is 44.2 Å². The Labute approximate surface area is 146 Å². The van der Waals surface area contributed by atoms with Crippen LogP contribution in [0.4, 0.5) is 0 Å². The summed E-state index contributed by atoms with van der Waals surface area (Å²) in [4.78, 5) is 17.0. The Morgan fingerprint density at radius 1 is 0.917 bits per heavy atom. The van der Waals surface area contributed by atoms with Crippen molar-refractivity contribution in [3.05, 3.63) is 0 Å². The van der Waals surface area contributed by atoms with Crippen molar-refractivity contribution in [1.29, 1.82) is 0 Å². The van der Waals surface area contributed by atoms with Gasteiger partial charge in [-0.15, -0.1) is 0 Å². The molecule has 5 nitrogen and oxygen atoms in total. The van der Waals surface area contributed by atoms with Gasteiger partial charge in [-0.2, -0.15) is 0 Å². The van der Waals surface area contributed by atoms with Crippen molar-refractivity contribution < 1.29 is 13.2 Å². The molecule has 0 aromatic heterocycles. The second kappa shape index (κ2) is 8.17. The Morgan fingerprint density at radius 3 is 2.42 bits per heavy atom. The van der Waals surface area contributed by atoms with Crippen molar-refractivity contribution >= 4 is 15.7 Å². The quantitative estimate of drug-likeness (QED) is 0.755. The molecule has 1 aliphatic carbocycles. The van der Waals surface area contributed by atoms with Crippen molar-refractivity contribution in [2.24, 2.45) is 11.8 Å². The molecule has 1 atom stereocenters. The Kier molecular flexibility index (Phi) is 6.19. The maximum absolute atomic E-state index is 12.5. The van der Waals surface area contributed by atoms with Gasteiger partial charge in [0.2, 0.25) is 5.91 Å². The molecule has 0 aromatic rings. The largest absolute Gasteiger partial charge is 0.341 e. The predicted octanol–water partition coefficient (Wildman–Crippen LogP) is 1.93. The summed E-state index contributed by atoms with van der Waals surface area (Å²) in [6, 6.07) is 0. The van der Waals surface area contributed by atoms with Crippen molar-refractivity contribution in [3.63, 3.8) is 0 Å². The first-order valence-electron chi connectivity index (χ1n) is 9.72. The Morgan fingerprint density at radius 2 is 1.71 bits per heavy atom. The van der Waals surface area contributed by atoms with Crippen LogP contribution in [0.5, 0.6) is 0 Å². The summed E-state index contributed by atoms with van der Waals surface area (Å²) in [5.74, 6) is 2.08. The zero-order valence-electron chi connectivity index (χ0n) is 14.8. The van der Waals surface area contributed by atoms with Crippen LogP contribution in [-0.4, -0.2) is 68.4 Å². The molecule has 2 heterocycles. The van der Waals surface area contributed by atoms with Crippen LogP contribution in [0.1, 0.15) is 51.4 Å². The first kappa shape index (κ1) is 18.2. The average molecular weight is 357 g/mol. The normalized spacial score (nSPS) is 29.0. The topological polar surface area (TPSA) is 57.7 Å². The van der Waals surface area contributed by atoms with Gasteiger partial charge in [0.05, 0.1) is 11.5 Å². The Hall–Kier alpha value is -0.620. The number of carbonyl (C=O) groups is 1. The van der Waals surface area contributed by atoms with E-state index >= 15 is 0 Å². The summed E-state index contributed by atoms with van der Waals surface area (Å²) in [7, 11) is -2.76. The fourth-order valence-corrected chi connectivity index (χ4v) is 6.41. The fourth-order valence-electron chi connectivity index (χ4n) is 4.50. The molecule has 2 aliphatic heterocycles. The van der Waals surface area contributed by atoms with E-state index in [-0.39, 0.29) is 0 Å². The molecule has 0 N–H and O–H groups in total. The number of sulfone groups is 1. The van der Waals surface area contributed by atoms with Gasteiger partial charge in [0.25, 0.3) is 0 Å². The smallest absolute Gasteiger partial charge is 0.222 e. The first-order valence-corrected chi connectivity index (χ1v) is 11.5. The van der Waals surface area contributed by atoms with E-state index < -0.39 is 9.84 Å². The van der Waals surface area contributed by atoms with E-state index in [0.29, 0.717) is 29.2 Å². The summed E-state index contributed by atoms with van der Waals surface area (Å²) >= 11 is 0. The third kappa shape index (κ3) is 5.19. The highest BCUT2D eigenvalue weighted by atomic mass is 32.2. The molecule has 2 saturated heterocycles. The summed E-state index contributed by atoms with van der Waals surface area (Å²) in [5.41, 5.74) is 0. The molecule has 1 saturated carbocycles. The lowest BCUT2D eigenvalue weighted by molar-refractivity contribution is -0.132. The molecule has 0 bridgehead atoms. The second-order valence-corrected chi connectivity index (χ2v) is 10.2. The number of rotatable bonds is 5. The highest BCUT2D eigenvalue weighted by molar-refractivity contribution is 7.91. The summed E-state index contributed by atoms with van der Waals surface area (Å²) < 4.78 is 23.1. The molecule has 6 heteroatoms. The SMILES string of the molecule is O=C(CC1CCCC1)N1CCCN(CCC2CCS(=O)(=O)C2)CC1. The van der Waals surface area contributed by atoms with Gasteiger partial charge in [0, 0.05) is 26.1 Å². The molecule has 1 amide bonds.